The lowest BCUT2D eigenvalue weighted by Crippen LogP contribution is -2.23. The average molecular weight is 345 g/mol. The van der Waals surface area contributed by atoms with E-state index in [1.807, 2.05) is 4.90 Å². The highest BCUT2D eigenvalue weighted by atomic mass is 35.5. The van der Waals surface area contributed by atoms with Gasteiger partial charge in [0.1, 0.15) is 5.82 Å². The van der Waals surface area contributed by atoms with Crippen molar-refractivity contribution >= 4 is 45.5 Å². The fourth-order valence-corrected chi connectivity index (χ4v) is 3.27. The van der Waals surface area contributed by atoms with Crippen LogP contribution in [0, 0.1) is 5.92 Å². The number of carboxylic acid groups (broad SMARTS) is 1. The zero-order valence-corrected chi connectivity index (χ0v) is 13.3. The molecular weight excluding hydrogens is 332 g/mol. The van der Waals surface area contributed by atoms with E-state index in [9.17, 15) is 9.59 Å². The van der Waals surface area contributed by atoms with E-state index in [1.165, 1.54) is 0 Å². The largest absolute Gasteiger partial charge is 0.481 e. The highest BCUT2D eigenvalue weighted by molar-refractivity contribution is 6.34. The maximum Gasteiger partial charge on any atom is 0.308 e. The summed E-state index contributed by atoms with van der Waals surface area (Å²) in [5, 5.41) is 10.3. The molecule has 4 rings (SSSR count). The van der Waals surface area contributed by atoms with E-state index in [2.05, 4.69) is 4.98 Å². The quantitative estimate of drug-likeness (QED) is 0.720. The molecule has 0 aliphatic carbocycles. The molecule has 1 fully saturated rings. The van der Waals surface area contributed by atoms with Crippen molar-refractivity contribution in [1.82, 2.24) is 4.98 Å². The Bertz CT molecular complexity index is 1030. The molecule has 6 nitrogen and oxygen atoms in total. The number of aliphatic carboxylic acids is 1. The Hall–Kier alpha value is -2.60. The van der Waals surface area contributed by atoms with E-state index in [1.54, 1.807) is 30.3 Å². The van der Waals surface area contributed by atoms with Gasteiger partial charge in [0.05, 0.1) is 21.7 Å². The first kappa shape index (κ1) is 15.0. The number of hydrogen-bond acceptors (Lipinski definition) is 5. The predicted octanol–water partition coefficient (Wildman–Crippen LogP) is 2.91. The number of aromatic nitrogens is 1. The van der Waals surface area contributed by atoms with E-state index in [4.69, 9.17) is 21.1 Å². The van der Waals surface area contributed by atoms with Gasteiger partial charge in [0.25, 0.3) is 0 Å². The van der Waals surface area contributed by atoms with Gasteiger partial charge in [-0.15, -0.1) is 0 Å². The number of anilines is 1. The maximum absolute atomic E-state index is 12.6. The van der Waals surface area contributed by atoms with Crippen LogP contribution in [0.15, 0.2) is 39.5 Å². The molecule has 1 N–H and O–H groups in total. The summed E-state index contributed by atoms with van der Waals surface area (Å²) in [6.45, 7) is 1.00. The molecule has 1 saturated heterocycles. The molecule has 1 unspecified atom stereocenters. The normalized spacial score (nSPS) is 17.7. The monoisotopic (exact) mass is 344 g/mol. The predicted molar refractivity (Wildman–Crippen MR) is 90.8 cm³/mol. The van der Waals surface area contributed by atoms with Crippen molar-refractivity contribution in [2.75, 3.05) is 18.0 Å². The molecule has 0 saturated carbocycles. The zero-order chi connectivity index (χ0) is 16.8. The molecule has 0 radical (unpaired) electrons. The summed E-state index contributed by atoms with van der Waals surface area (Å²) < 4.78 is 5.75. The van der Waals surface area contributed by atoms with Crippen molar-refractivity contribution in [3.05, 3.63) is 45.6 Å². The third-order valence-corrected chi connectivity index (χ3v) is 4.66. The second-order valence-electron chi connectivity index (χ2n) is 5.84. The van der Waals surface area contributed by atoms with Crippen molar-refractivity contribution in [2.45, 2.75) is 6.42 Å². The number of halogens is 1. The first-order valence-corrected chi connectivity index (χ1v) is 7.92. The van der Waals surface area contributed by atoms with Crippen LogP contribution >= 0.6 is 11.6 Å². The minimum atomic E-state index is -0.803. The third kappa shape index (κ3) is 2.30. The minimum absolute atomic E-state index is 0.183. The van der Waals surface area contributed by atoms with Crippen molar-refractivity contribution in [3.8, 4) is 0 Å². The highest BCUT2D eigenvalue weighted by Gasteiger charge is 2.29. The van der Waals surface area contributed by atoms with Crippen LogP contribution in [0.2, 0.25) is 5.02 Å². The number of pyridine rings is 1. The number of hydrogen-bond donors (Lipinski definition) is 1. The Morgan fingerprint density at radius 2 is 2.12 bits per heavy atom. The van der Waals surface area contributed by atoms with Gasteiger partial charge in [-0.2, -0.15) is 4.98 Å². The number of carbonyl (C=O) groups is 1. The summed E-state index contributed by atoms with van der Waals surface area (Å²) in [5.41, 5.74) is 0.334. The Balaban J connectivity index is 1.84. The number of nitrogens with zero attached hydrogens (tertiary/aromatic N) is 2. The molecule has 3 heterocycles. The van der Waals surface area contributed by atoms with Crippen LogP contribution in [-0.2, 0) is 4.79 Å². The first-order chi connectivity index (χ1) is 11.5. The Labute approximate surface area is 141 Å². The zero-order valence-electron chi connectivity index (χ0n) is 12.5. The molecule has 3 aromatic rings. The number of fused-ring (bicyclic) bond motifs is 2. The van der Waals surface area contributed by atoms with Gasteiger partial charge in [0, 0.05) is 13.1 Å². The number of benzene rings is 1. The fraction of sp³-hybridized carbons (Fsp3) is 0.235. The smallest absolute Gasteiger partial charge is 0.308 e. The molecule has 7 heteroatoms. The van der Waals surface area contributed by atoms with Crippen molar-refractivity contribution < 1.29 is 14.3 Å². The standard InChI is InChI=1S/C17H13ClN2O4/c18-12-3-1-2-10-14(21)11-4-5-13(19-16(11)24-15(10)12)20-7-6-9(8-20)17(22)23/h1-5,9H,6-8H2,(H,22,23). The van der Waals surface area contributed by atoms with Gasteiger partial charge in [-0.25, -0.2) is 0 Å². The summed E-state index contributed by atoms with van der Waals surface area (Å²) in [7, 11) is 0. The summed E-state index contributed by atoms with van der Waals surface area (Å²) in [6.07, 6.45) is 0.572. The van der Waals surface area contributed by atoms with Gasteiger partial charge in [-0.3, -0.25) is 9.59 Å². The molecule has 1 aromatic carbocycles. The van der Waals surface area contributed by atoms with Crippen LogP contribution in [0.25, 0.3) is 22.1 Å². The Morgan fingerprint density at radius 3 is 2.88 bits per heavy atom. The van der Waals surface area contributed by atoms with Gasteiger partial charge in [0.15, 0.2) is 5.58 Å². The Kier molecular flexibility index (Phi) is 3.42. The lowest BCUT2D eigenvalue weighted by molar-refractivity contribution is -0.140. The average Bonchev–Trinajstić information content (AvgIpc) is 3.06. The topological polar surface area (TPSA) is 83.6 Å². The van der Waals surface area contributed by atoms with E-state index in [-0.39, 0.29) is 11.1 Å². The Morgan fingerprint density at radius 1 is 1.29 bits per heavy atom. The summed E-state index contributed by atoms with van der Waals surface area (Å²) in [6, 6.07) is 8.40. The van der Waals surface area contributed by atoms with Crippen LogP contribution in [0.4, 0.5) is 5.82 Å². The van der Waals surface area contributed by atoms with Crippen LogP contribution in [-0.4, -0.2) is 29.1 Å². The second kappa shape index (κ2) is 5.49. The van der Waals surface area contributed by atoms with E-state index < -0.39 is 11.9 Å². The van der Waals surface area contributed by atoms with Crippen LogP contribution < -0.4 is 10.3 Å². The molecule has 24 heavy (non-hydrogen) atoms. The van der Waals surface area contributed by atoms with Gasteiger partial charge in [-0.1, -0.05) is 17.7 Å². The van der Waals surface area contributed by atoms with Crippen molar-refractivity contribution in [1.29, 1.82) is 0 Å². The summed E-state index contributed by atoms with van der Waals surface area (Å²) in [5.74, 6) is -0.607. The van der Waals surface area contributed by atoms with Crippen LogP contribution in [0.3, 0.4) is 0 Å². The highest BCUT2D eigenvalue weighted by Crippen LogP contribution is 2.27. The molecular formula is C17H13ClN2O4. The van der Waals surface area contributed by atoms with Gasteiger partial charge < -0.3 is 14.4 Å². The third-order valence-electron chi connectivity index (χ3n) is 4.36. The molecule has 122 valence electrons. The molecule has 0 bridgehead atoms. The molecule has 1 aliphatic heterocycles. The molecule has 0 spiro atoms. The van der Waals surface area contributed by atoms with E-state index >= 15 is 0 Å². The second-order valence-corrected chi connectivity index (χ2v) is 6.25. The minimum Gasteiger partial charge on any atom is -0.481 e. The van der Waals surface area contributed by atoms with E-state index in [0.29, 0.717) is 46.7 Å². The summed E-state index contributed by atoms with van der Waals surface area (Å²) in [4.78, 5) is 30.0. The van der Waals surface area contributed by atoms with Crippen molar-refractivity contribution in [2.24, 2.45) is 5.92 Å². The maximum atomic E-state index is 12.6. The number of rotatable bonds is 2. The molecule has 2 aromatic heterocycles. The van der Waals surface area contributed by atoms with Crippen LogP contribution in [0.1, 0.15) is 6.42 Å². The summed E-state index contributed by atoms with van der Waals surface area (Å²) >= 11 is 6.11. The lowest BCUT2D eigenvalue weighted by atomic mass is 10.1. The van der Waals surface area contributed by atoms with Crippen LogP contribution in [0.5, 0.6) is 0 Å². The van der Waals surface area contributed by atoms with E-state index in [0.717, 1.165) is 0 Å². The SMILES string of the molecule is O=C(O)C1CCN(c2ccc3c(=O)c4cccc(Cl)c4oc3n2)C1. The van der Waals surface area contributed by atoms with Gasteiger partial charge >= 0.3 is 5.97 Å². The lowest BCUT2D eigenvalue weighted by Gasteiger charge is -2.16. The van der Waals surface area contributed by atoms with Crippen molar-refractivity contribution in [3.63, 3.8) is 0 Å². The molecule has 1 aliphatic rings. The molecule has 1 atom stereocenters. The first-order valence-electron chi connectivity index (χ1n) is 7.54. The fourth-order valence-electron chi connectivity index (χ4n) is 3.06. The number of carboxylic acids is 1. The number of para-hydroxylation sites is 1. The van der Waals surface area contributed by atoms with Gasteiger partial charge in [-0.05, 0) is 30.7 Å². The molecule has 0 amide bonds. The van der Waals surface area contributed by atoms with Gasteiger partial charge in [0.2, 0.25) is 11.1 Å².